The Morgan fingerprint density at radius 2 is 2.55 bits per heavy atom. The van der Waals surface area contributed by atoms with Crippen LogP contribution in [0.15, 0.2) is 16.3 Å². The summed E-state index contributed by atoms with van der Waals surface area (Å²) < 4.78 is 6.13. The molecule has 0 unspecified atom stereocenters. The second-order valence-corrected chi connectivity index (χ2v) is 4.05. The zero-order valence-electron chi connectivity index (χ0n) is 6.03. The van der Waals surface area contributed by atoms with Gasteiger partial charge in [0, 0.05) is 0 Å². The van der Waals surface area contributed by atoms with Crippen molar-refractivity contribution in [3.63, 3.8) is 0 Å². The molecule has 0 aliphatic heterocycles. The standard InChI is InChI=1S/C7H7NOS2/c1-9-6-2-3-7(11-6)10-5-4-8/h2-3H,5H2,1H3. The molecule has 1 aromatic heterocycles. The van der Waals surface area contributed by atoms with Crippen LogP contribution in [0.1, 0.15) is 0 Å². The Morgan fingerprint density at radius 1 is 1.73 bits per heavy atom. The molecule has 11 heavy (non-hydrogen) atoms. The fraction of sp³-hybridized carbons (Fsp3) is 0.286. The van der Waals surface area contributed by atoms with Crippen LogP contribution in [-0.4, -0.2) is 12.9 Å². The lowest BCUT2D eigenvalue weighted by molar-refractivity contribution is 0.427. The van der Waals surface area contributed by atoms with Crippen molar-refractivity contribution >= 4 is 23.1 Å². The topological polar surface area (TPSA) is 33.0 Å². The minimum absolute atomic E-state index is 0.504. The van der Waals surface area contributed by atoms with Crippen molar-refractivity contribution in [2.45, 2.75) is 4.21 Å². The zero-order chi connectivity index (χ0) is 8.10. The SMILES string of the molecule is COc1ccc(SCC#N)s1. The summed E-state index contributed by atoms with van der Waals surface area (Å²) in [5.74, 6) is 0.504. The van der Waals surface area contributed by atoms with E-state index in [9.17, 15) is 0 Å². The molecule has 0 radical (unpaired) electrons. The van der Waals surface area contributed by atoms with Gasteiger partial charge in [0.05, 0.1) is 23.1 Å². The molecule has 1 heterocycles. The minimum atomic E-state index is 0.504. The molecule has 0 saturated heterocycles. The molecule has 0 aromatic carbocycles. The summed E-state index contributed by atoms with van der Waals surface area (Å²) in [6.07, 6.45) is 0. The predicted molar refractivity (Wildman–Crippen MR) is 47.2 cm³/mol. The van der Waals surface area contributed by atoms with Gasteiger partial charge >= 0.3 is 0 Å². The molecule has 0 saturated carbocycles. The molecular weight excluding hydrogens is 178 g/mol. The van der Waals surface area contributed by atoms with Gasteiger partial charge in [-0.2, -0.15) is 5.26 Å². The molecule has 0 N–H and O–H groups in total. The van der Waals surface area contributed by atoms with E-state index in [0.717, 1.165) is 9.27 Å². The Bertz CT molecular complexity index is 264. The molecule has 0 spiro atoms. The summed E-state index contributed by atoms with van der Waals surface area (Å²) in [5, 5.41) is 9.19. The van der Waals surface area contributed by atoms with Gasteiger partial charge in [0.25, 0.3) is 0 Å². The number of hydrogen-bond acceptors (Lipinski definition) is 4. The number of thiophene rings is 1. The maximum Gasteiger partial charge on any atom is 0.174 e. The van der Waals surface area contributed by atoms with Crippen LogP contribution in [0.4, 0.5) is 0 Å². The van der Waals surface area contributed by atoms with Crippen molar-refractivity contribution in [1.29, 1.82) is 5.26 Å². The van der Waals surface area contributed by atoms with Crippen LogP contribution in [0.5, 0.6) is 5.06 Å². The molecule has 0 atom stereocenters. The Labute approximate surface area is 73.8 Å². The molecular formula is C7H7NOS2. The average molecular weight is 185 g/mol. The van der Waals surface area contributed by atoms with Gasteiger partial charge in [0.2, 0.25) is 0 Å². The van der Waals surface area contributed by atoms with Gasteiger partial charge in [-0.25, -0.2) is 0 Å². The van der Waals surface area contributed by atoms with Gasteiger partial charge in [0.15, 0.2) is 5.06 Å². The number of methoxy groups -OCH3 is 1. The number of nitriles is 1. The maximum absolute atomic E-state index is 8.29. The van der Waals surface area contributed by atoms with Crippen LogP contribution in [0.2, 0.25) is 0 Å². The van der Waals surface area contributed by atoms with E-state index >= 15 is 0 Å². The molecule has 0 aliphatic rings. The van der Waals surface area contributed by atoms with Gasteiger partial charge in [-0.1, -0.05) is 23.1 Å². The molecule has 2 nitrogen and oxygen atoms in total. The molecule has 4 heteroatoms. The number of nitrogens with zero attached hydrogens (tertiary/aromatic N) is 1. The van der Waals surface area contributed by atoms with E-state index in [-0.39, 0.29) is 0 Å². The fourth-order valence-electron chi connectivity index (χ4n) is 0.594. The third-order valence-corrected chi connectivity index (χ3v) is 3.18. The van der Waals surface area contributed by atoms with E-state index in [4.69, 9.17) is 10.00 Å². The second-order valence-electron chi connectivity index (χ2n) is 1.72. The molecule has 58 valence electrons. The highest BCUT2D eigenvalue weighted by atomic mass is 32.2. The molecule has 0 bridgehead atoms. The van der Waals surface area contributed by atoms with Crippen molar-refractivity contribution in [2.24, 2.45) is 0 Å². The molecule has 1 rings (SSSR count). The monoisotopic (exact) mass is 185 g/mol. The quantitative estimate of drug-likeness (QED) is 0.678. The van der Waals surface area contributed by atoms with Crippen molar-refractivity contribution in [1.82, 2.24) is 0 Å². The zero-order valence-corrected chi connectivity index (χ0v) is 7.67. The highest BCUT2D eigenvalue weighted by Gasteiger charge is 1.98. The van der Waals surface area contributed by atoms with Crippen LogP contribution in [0.3, 0.4) is 0 Å². The highest BCUT2D eigenvalue weighted by molar-refractivity contribution is 8.01. The minimum Gasteiger partial charge on any atom is -0.487 e. The predicted octanol–water partition coefficient (Wildman–Crippen LogP) is 2.37. The molecule has 0 fully saturated rings. The second kappa shape index (κ2) is 4.27. The highest BCUT2D eigenvalue weighted by Crippen LogP contribution is 2.31. The van der Waals surface area contributed by atoms with Gasteiger partial charge in [-0.05, 0) is 12.1 Å². The van der Waals surface area contributed by atoms with Crippen molar-refractivity contribution in [3.05, 3.63) is 12.1 Å². The summed E-state index contributed by atoms with van der Waals surface area (Å²) in [6.45, 7) is 0. The van der Waals surface area contributed by atoms with E-state index in [1.165, 1.54) is 11.8 Å². The summed E-state index contributed by atoms with van der Waals surface area (Å²) in [4.78, 5) is 0. The van der Waals surface area contributed by atoms with Crippen LogP contribution in [0, 0.1) is 11.3 Å². The van der Waals surface area contributed by atoms with Crippen molar-refractivity contribution in [2.75, 3.05) is 12.9 Å². The van der Waals surface area contributed by atoms with E-state index in [2.05, 4.69) is 6.07 Å². The Kier molecular flexibility index (Phi) is 3.27. The third-order valence-electron chi connectivity index (χ3n) is 1.04. The largest absolute Gasteiger partial charge is 0.487 e. The van der Waals surface area contributed by atoms with Crippen molar-refractivity contribution < 1.29 is 4.74 Å². The molecule has 0 amide bonds. The summed E-state index contributed by atoms with van der Waals surface area (Å²) in [6, 6.07) is 5.94. The van der Waals surface area contributed by atoms with Gasteiger partial charge in [-0.3, -0.25) is 0 Å². The van der Waals surface area contributed by atoms with E-state index in [1.807, 2.05) is 12.1 Å². The van der Waals surface area contributed by atoms with E-state index < -0.39 is 0 Å². The molecule has 0 aliphatic carbocycles. The van der Waals surface area contributed by atoms with Crippen LogP contribution >= 0.6 is 23.1 Å². The van der Waals surface area contributed by atoms with E-state index in [1.54, 1.807) is 18.4 Å². The summed E-state index contributed by atoms with van der Waals surface area (Å²) in [5.41, 5.74) is 0. The number of thioether (sulfide) groups is 1. The number of ether oxygens (including phenoxy) is 1. The Morgan fingerprint density at radius 3 is 3.09 bits per heavy atom. The van der Waals surface area contributed by atoms with Gasteiger partial charge in [0.1, 0.15) is 0 Å². The van der Waals surface area contributed by atoms with Gasteiger partial charge in [-0.15, -0.1) is 0 Å². The number of rotatable bonds is 3. The van der Waals surface area contributed by atoms with Gasteiger partial charge < -0.3 is 4.74 Å². The Balaban J connectivity index is 2.53. The first-order valence-corrected chi connectivity index (χ1v) is 4.80. The summed E-state index contributed by atoms with van der Waals surface area (Å²) in [7, 11) is 1.64. The molecule has 1 aromatic rings. The van der Waals surface area contributed by atoms with Crippen LogP contribution in [-0.2, 0) is 0 Å². The lowest BCUT2D eigenvalue weighted by Gasteiger charge is -1.89. The fourth-order valence-corrected chi connectivity index (χ4v) is 2.18. The van der Waals surface area contributed by atoms with Crippen molar-refractivity contribution in [3.8, 4) is 11.1 Å². The smallest absolute Gasteiger partial charge is 0.174 e. The number of hydrogen-bond donors (Lipinski definition) is 0. The van der Waals surface area contributed by atoms with Crippen LogP contribution < -0.4 is 4.74 Å². The lowest BCUT2D eigenvalue weighted by atomic mass is 10.6. The first kappa shape index (κ1) is 8.44. The first-order chi connectivity index (χ1) is 5.36. The summed E-state index contributed by atoms with van der Waals surface area (Å²) >= 11 is 3.10. The average Bonchev–Trinajstić information content (AvgIpc) is 2.48. The van der Waals surface area contributed by atoms with Crippen LogP contribution in [0.25, 0.3) is 0 Å². The maximum atomic E-state index is 8.29. The van der Waals surface area contributed by atoms with E-state index in [0.29, 0.717) is 5.75 Å². The lowest BCUT2D eigenvalue weighted by Crippen LogP contribution is -1.73. The third kappa shape index (κ3) is 2.45. The first-order valence-electron chi connectivity index (χ1n) is 3.00. The Hall–Kier alpha value is -0.660. The normalized spacial score (nSPS) is 9.09.